The molecule has 0 heterocycles. The summed E-state index contributed by atoms with van der Waals surface area (Å²) in [5, 5.41) is 2.67. The van der Waals surface area contributed by atoms with E-state index in [1.807, 2.05) is 6.92 Å². The zero-order chi connectivity index (χ0) is 13.5. The number of benzene rings is 1. The highest BCUT2D eigenvalue weighted by molar-refractivity contribution is 5.77. The molecule has 5 heteroatoms. The maximum absolute atomic E-state index is 13.6. The average molecular weight is 254 g/mol. The molecule has 100 valence electrons. The highest BCUT2D eigenvalue weighted by atomic mass is 19.1. The molecular formula is C13H19FN2O2. The van der Waals surface area contributed by atoms with Crippen LogP contribution in [0.1, 0.15) is 31.9 Å². The van der Waals surface area contributed by atoms with Gasteiger partial charge in [-0.3, -0.25) is 4.79 Å². The Hall–Kier alpha value is -1.62. The van der Waals surface area contributed by atoms with E-state index in [1.54, 1.807) is 19.1 Å². The number of rotatable bonds is 6. The zero-order valence-electron chi connectivity index (χ0n) is 10.7. The lowest BCUT2D eigenvalue weighted by Crippen LogP contribution is -2.29. The summed E-state index contributed by atoms with van der Waals surface area (Å²) in [6.07, 6.45) is 0.865. The number of carbonyl (C=O) groups excluding carboxylic acids is 1. The predicted octanol–water partition coefficient (Wildman–Crippen LogP) is 1.75. The number of nitrogens with one attached hydrogen (secondary N) is 1. The lowest BCUT2D eigenvalue weighted by Gasteiger charge is -2.10. The van der Waals surface area contributed by atoms with Gasteiger partial charge in [0.1, 0.15) is 11.6 Å². The van der Waals surface area contributed by atoms with E-state index in [2.05, 4.69) is 5.32 Å². The Bertz CT molecular complexity index is 408. The smallest absolute Gasteiger partial charge is 0.257 e. The maximum atomic E-state index is 13.6. The van der Waals surface area contributed by atoms with Crippen molar-refractivity contribution in [3.05, 3.63) is 29.6 Å². The van der Waals surface area contributed by atoms with Crippen LogP contribution in [0, 0.1) is 5.82 Å². The van der Waals surface area contributed by atoms with Gasteiger partial charge in [-0.25, -0.2) is 4.39 Å². The topological polar surface area (TPSA) is 64.3 Å². The molecule has 0 radical (unpaired) electrons. The van der Waals surface area contributed by atoms with Crippen molar-refractivity contribution in [1.29, 1.82) is 0 Å². The molecule has 0 aliphatic rings. The first-order valence-corrected chi connectivity index (χ1v) is 5.99. The molecule has 0 spiro atoms. The minimum atomic E-state index is -0.420. The fraction of sp³-hybridized carbons (Fsp3) is 0.462. The molecule has 1 aromatic carbocycles. The number of amides is 1. The van der Waals surface area contributed by atoms with Crippen LogP contribution in [0.15, 0.2) is 18.2 Å². The van der Waals surface area contributed by atoms with E-state index in [9.17, 15) is 9.18 Å². The fourth-order valence-corrected chi connectivity index (χ4v) is 1.43. The quantitative estimate of drug-likeness (QED) is 0.813. The van der Waals surface area contributed by atoms with Gasteiger partial charge in [0, 0.05) is 24.2 Å². The Kier molecular flexibility index (Phi) is 5.58. The van der Waals surface area contributed by atoms with Gasteiger partial charge in [-0.2, -0.15) is 0 Å². The van der Waals surface area contributed by atoms with E-state index in [4.69, 9.17) is 10.5 Å². The minimum Gasteiger partial charge on any atom is -0.484 e. The third-order valence-corrected chi connectivity index (χ3v) is 2.40. The first kappa shape index (κ1) is 14.4. The van der Waals surface area contributed by atoms with Crippen molar-refractivity contribution < 1.29 is 13.9 Å². The zero-order valence-corrected chi connectivity index (χ0v) is 10.7. The molecule has 0 unspecified atom stereocenters. The van der Waals surface area contributed by atoms with E-state index in [0.717, 1.165) is 6.42 Å². The molecule has 1 aromatic rings. The van der Waals surface area contributed by atoms with Crippen LogP contribution in [0.25, 0.3) is 0 Å². The minimum absolute atomic E-state index is 0.114. The van der Waals surface area contributed by atoms with Crippen molar-refractivity contribution in [2.24, 2.45) is 5.73 Å². The molecule has 0 fully saturated rings. The summed E-state index contributed by atoms with van der Waals surface area (Å²) in [4.78, 5) is 11.3. The lowest BCUT2D eigenvalue weighted by atomic mass is 10.1. The van der Waals surface area contributed by atoms with Gasteiger partial charge in [-0.05, 0) is 19.4 Å². The van der Waals surface area contributed by atoms with Crippen LogP contribution in [0.3, 0.4) is 0 Å². The van der Waals surface area contributed by atoms with Crippen LogP contribution in [-0.2, 0) is 4.79 Å². The Balaban J connectivity index is 2.53. The van der Waals surface area contributed by atoms with Crippen molar-refractivity contribution >= 4 is 5.91 Å². The van der Waals surface area contributed by atoms with Crippen molar-refractivity contribution in [3.8, 4) is 5.75 Å². The third-order valence-electron chi connectivity index (χ3n) is 2.40. The van der Waals surface area contributed by atoms with Crippen LogP contribution < -0.4 is 15.8 Å². The van der Waals surface area contributed by atoms with Gasteiger partial charge < -0.3 is 15.8 Å². The lowest BCUT2D eigenvalue weighted by molar-refractivity contribution is -0.123. The second kappa shape index (κ2) is 6.96. The van der Waals surface area contributed by atoms with Gasteiger partial charge in [0.2, 0.25) is 0 Å². The molecule has 1 rings (SSSR count). The molecule has 0 aromatic heterocycles. The van der Waals surface area contributed by atoms with E-state index in [-0.39, 0.29) is 18.6 Å². The molecule has 1 atom stereocenters. The van der Waals surface area contributed by atoms with E-state index < -0.39 is 5.82 Å². The van der Waals surface area contributed by atoms with Gasteiger partial charge in [0.05, 0.1) is 0 Å². The fourth-order valence-electron chi connectivity index (χ4n) is 1.43. The third kappa shape index (κ3) is 4.33. The van der Waals surface area contributed by atoms with Crippen molar-refractivity contribution in [2.75, 3.05) is 13.2 Å². The van der Waals surface area contributed by atoms with Crippen LogP contribution in [0.5, 0.6) is 5.75 Å². The second-order valence-corrected chi connectivity index (χ2v) is 4.11. The monoisotopic (exact) mass is 254 g/mol. The largest absolute Gasteiger partial charge is 0.484 e. The van der Waals surface area contributed by atoms with Gasteiger partial charge in [-0.1, -0.05) is 13.0 Å². The Labute approximate surface area is 106 Å². The van der Waals surface area contributed by atoms with Crippen molar-refractivity contribution in [3.63, 3.8) is 0 Å². The summed E-state index contributed by atoms with van der Waals surface area (Å²) >= 11 is 0. The number of ether oxygens (including phenoxy) is 1. The molecule has 0 saturated carbocycles. The molecule has 0 aliphatic heterocycles. The summed E-state index contributed by atoms with van der Waals surface area (Å²) in [5.41, 5.74) is 6.03. The summed E-state index contributed by atoms with van der Waals surface area (Å²) in [5.74, 6) is -0.312. The second-order valence-electron chi connectivity index (χ2n) is 4.11. The molecule has 18 heavy (non-hydrogen) atoms. The molecule has 1 amide bonds. The van der Waals surface area contributed by atoms with Gasteiger partial charge in [0.15, 0.2) is 6.61 Å². The predicted molar refractivity (Wildman–Crippen MR) is 67.8 cm³/mol. The van der Waals surface area contributed by atoms with E-state index >= 15 is 0 Å². The number of carbonyl (C=O) groups is 1. The summed E-state index contributed by atoms with van der Waals surface area (Å²) in [6.45, 7) is 4.16. The molecule has 0 aliphatic carbocycles. The normalized spacial score (nSPS) is 12.0. The van der Waals surface area contributed by atoms with Crippen LogP contribution in [0.2, 0.25) is 0 Å². The number of hydrogen-bond acceptors (Lipinski definition) is 3. The highest BCUT2D eigenvalue weighted by Crippen LogP contribution is 2.20. The van der Waals surface area contributed by atoms with Gasteiger partial charge >= 0.3 is 0 Å². The number of halogens is 1. The first-order chi connectivity index (χ1) is 8.54. The summed E-state index contributed by atoms with van der Waals surface area (Å²) in [7, 11) is 0. The standard InChI is InChI=1S/C13H19FN2O2/c1-3-6-16-13(17)8-18-10-4-5-11(9(2)15)12(14)7-10/h4-5,7,9H,3,6,8,15H2,1-2H3,(H,16,17)/t9-/m0/s1. The van der Waals surface area contributed by atoms with Gasteiger partial charge in [0.25, 0.3) is 5.91 Å². The molecule has 0 saturated heterocycles. The molecule has 3 N–H and O–H groups in total. The van der Waals surface area contributed by atoms with Crippen LogP contribution in [-0.4, -0.2) is 19.1 Å². The number of nitrogens with two attached hydrogens (primary N) is 1. The SMILES string of the molecule is CCCNC(=O)COc1ccc([C@H](C)N)c(F)c1. The van der Waals surface area contributed by atoms with E-state index in [1.165, 1.54) is 6.07 Å². The Morgan fingerprint density at radius 2 is 2.28 bits per heavy atom. The Morgan fingerprint density at radius 3 is 2.83 bits per heavy atom. The Morgan fingerprint density at radius 1 is 1.56 bits per heavy atom. The van der Waals surface area contributed by atoms with Crippen LogP contribution in [0.4, 0.5) is 4.39 Å². The molecule has 0 bridgehead atoms. The van der Waals surface area contributed by atoms with E-state index in [0.29, 0.717) is 17.9 Å². The molecular weight excluding hydrogens is 235 g/mol. The maximum Gasteiger partial charge on any atom is 0.257 e. The van der Waals surface area contributed by atoms with Crippen molar-refractivity contribution in [2.45, 2.75) is 26.3 Å². The van der Waals surface area contributed by atoms with Crippen molar-refractivity contribution in [1.82, 2.24) is 5.32 Å². The van der Waals surface area contributed by atoms with Gasteiger partial charge in [-0.15, -0.1) is 0 Å². The van der Waals surface area contributed by atoms with Crippen LogP contribution >= 0.6 is 0 Å². The number of hydrogen-bond donors (Lipinski definition) is 2. The average Bonchev–Trinajstić information content (AvgIpc) is 2.33. The summed E-state index contributed by atoms with van der Waals surface area (Å²) < 4.78 is 18.8. The first-order valence-electron chi connectivity index (χ1n) is 5.99. The summed E-state index contributed by atoms with van der Waals surface area (Å²) in [6, 6.07) is 4.05. The highest BCUT2D eigenvalue weighted by Gasteiger charge is 2.09. The molecule has 4 nitrogen and oxygen atoms in total.